The summed E-state index contributed by atoms with van der Waals surface area (Å²) in [7, 11) is 0. The van der Waals surface area contributed by atoms with Crippen LogP contribution in [0.25, 0.3) is 22.2 Å². The van der Waals surface area contributed by atoms with Crippen LogP contribution in [0, 0.1) is 34.6 Å². The molecule has 4 rings (SSSR count). The summed E-state index contributed by atoms with van der Waals surface area (Å²) in [6.07, 6.45) is 0. The molecule has 0 radical (unpaired) electrons. The van der Waals surface area contributed by atoms with E-state index in [1.165, 1.54) is 0 Å². The summed E-state index contributed by atoms with van der Waals surface area (Å²) >= 11 is 9.66. The zero-order valence-electron chi connectivity index (χ0n) is 18.7. The lowest BCUT2D eigenvalue weighted by molar-refractivity contribution is 0.102. The first-order chi connectivity index (χ1) is 15.2. The average molecular weight is 508 g/mol. The van der Waals surface area contributed by atoms with Crippen molar-refractivity contribution in [3.63, 3.8) is 0 Å². The van der Waals surface area contributed by atoms with Crippen molar-refractivity contribution in [2.24, 2.45) is 0 Å². The molecule has 0 aliphatic carbocycles. The van der Waals surface area contributed by atoms with E-state index < -0.39 is 0 Å². The monoisotopic (exact) mass is 506 g/mol. The summed E-state index contributed by atoms with van der Waals surface area (Å²) in [6.45, 7) is 10.1. The van der Waals surface area contributed by atoms with Crippen molar-refractivity contribution < 1.29 is 4.79 Å². The second kappa shape index (κ2) is 8.68. The average Bonchev–Trinajstić information content (AvgIpc) is 2.74. The molecule has 162 valence electrons. The molecule has 0 fully saturated rings. The van der Waals surface area contributed by atoms with Gasteiger partial charge >= 0.3 is 0 Å². The third-order valence-electron chi connectivity index (χ3n) is 5.98. The molecule has 4 aromatic rings. The number of pyridine rings is 1. The predicted octanol–water partition coefficient (Wildman–Crippen LogP) is 8.11. The van der Waals surface area contributed by atoms with E-state index in [1.807, 2.05) is 77.1 Å². The summed E-state index contributed by atoms with van der Waals surface area (Å²) in [5.74, 6) is -0.139. The van der Waals surface area contributed by atoms with Gasteiger partial charge in [-0.05, 0) is 87.2 Å². The fourth-order valence-electron chi connectivity index (χ4n) is 4.10. The Morgan fingerprint density at radius 2 is 1.59 bits per heavy atom. The van der Waals surface area contributed by atoms with Gasteiger partial charge in [-0.2, -0.15) is 0 Å². The summed E-state index contributed by atoms with van der Waals surface area (Å²) in [4.78, 5) is 18.7. The number of carbonyl (C=O) groups excluding carboxylic acids is 1. The van der Waals surface area contributed by atoms with Gasteiger partial charge in [0.05, 0.1) is 16.8 Å². The molecule has 1 heterocycles. The molecule has 3 nitrogen and oxygen atoms in total. The molecule has 3 aromatic carbocycles. The van der Waals surface area contributed by atoms with Crippen molar-refractivity contribution in [1.82, 2.24) is 4.98 Å². The quantitative estimate of drug-likeness (QED) is 0.304. The number of benzene rings is 3. The molecular formula is C27H24BrClN2O. The predicted molar refractivity (Wildman–Crippen MR) is 138 cm³/mol. The van der Waals surface area contributed by atoms with Crippen LogP contribution in [-0.2, 0) is 0 Å². The number of aryl methyl sites for hydroxylation is 2. The number of amides is 1. The first-order valence-corrected chi connectivity index (χ1v) is 11.6. The molecule has 0 atom stereocenters. The largest absolute Gasteiger partial charge is 0.322 e. The molecule has 0 bridgehead atoms. The Bertz CT molecular complexity index is 1380. The van der Waals surface area contributed by atoms with E-state index in [2.05, 4.69) is 27.3 Å². The van der Waals surface area contributed by atoms with E-state index >= 15 is 0 Å². The zero-order valence-corrected chi connectivity index (χ0v) is 21.1. The minimum absolute atomic E-state index is 0.139. The Hall–Kier alpha value is -2.69. The van der Waals surface area contributed by atoms with Gasteiger partial charge < -0.3 is 5.32 Å². The lowest BCUT2D eigenvalue weighted by Gasteiger charge is -2.18. The minimum Gasteiger partial charge on any atom is -0.322 e. The lowest BCUT2D eigenvalue weighted by atomic mass is 9.94. The van der Waals surface area contributed by atoms with E-state index in [0.717, 1.165) is 60.1 Å². The maximum atomic E-state index is 13.7. The number of hydrogen-bond donors (Lipinski definition) is 1. The summed E-state index contributed by atoms with van der Waals surface area (Å²) in [6, 6.07) is 15.6. The van der Waals surface area contributed by atoms with Gasteiger partial charge in [-0.15, -0.1) is 0 Å². The highest BCUT2D eigenvalue weighted by atomic mass is 79.9. The zero-order chi connectivity index (χ0) is 23.2. The third-order valence-corrected chi connectivity index (χ3v) is 7.09. The highest BCUT2D eigenvalue weighted by Crippen LogP contribution is 2.33. The number of anilines is 1. The third kappa shape index (κ3) is 4.05. The molecule has 0 saturated heterocycles. The Balaban J connectivity index is 1.94. The molecule has 0 aliphatic rings. The second-order valence-electron chi connectivity index (χ2n) is 8.24. The maximum Gasteiger partial charge on any atom is 0.256 e. The van der Waals surface area contributed by atoms with E-state index in [9.17, 15) is 4.79 Å². The molecule has 32 heavy (non-hydrogen) atoms. The number of nitrogens with one attached hydrogen (secondary N) is 1. The Morgan fingerprint density at radius 3 is 2.28 bits per heavy atom. The van der Waals surface area contributed by atoms with Crippen LogP contribution < -0.4 is 5.32 Å². The Labute approximate surface area is 202 Å². The van der Waals surface area contributed by atoms with Crippen molar-refractivity contribution >= 4 is 50.0 Å². The Morgan fingerprint density at radius 1 is 0.906 bits per heavy atom. The van der Waals surface area contributed by atoms with Gasteiger partial charge in [0.2, 0.25) is 0 Å². The SMILES string of the molecule is Cc1cc(C)c2nc(-c3ccc(Cl)cc3)c(C)c(C(=O)Nc3ccc(Br)c(C)c3C)c2c1. The number of nitrogens with zero attached hydrogens (tertiary/aromatic N) is 1. The van der Waals surface area contributed by atoms with Gasteiger partial charge in [0, 0.05) is 26.1 Å². The van der Waals surface area contributed by atoms with Crippen LogP contribution in [0.1, 0.15) is 38.2 Å². The van der Waals surface area contributed by atoms with Gasteiger partial charge in [0.1, 0.15) is 0 Å². The smallest absolute Gasteiger partial charge is 0.256 e. The molecular weight excluding hydrogens is 484 g/mol. The van der Waals surface area contributed by atoms with Gasteiger partial charge in [0.15, 0.2) is 0 Å². The number of carbonyl (C=O) groups is 1. The van der Waals surface area contributed by atoms with Crippen molar-refractivity contribution in [1.29, 1.82) is 0 Å². The van der Waals surface area contributed by atoms with Gasteiger partial charge in [-0.25, -0.2) is 4.98 Å². The van der Waals surface area contributed by atoms with Crippen molar-refractivity contribution in [3.8, 4) is 11.3 Å². The second-order valence-corrected chi connectivity index (χ2v) is 9.54. The van der Waals surface area contributed by atoms with E-state index in [1.54, 1.807) is 0 Å². The van der Waals surface area contributed by atoms with Crippen molar-refractivity contribution in [2.45, 2.75) is 34.6 Å². The maximum absolute atomic E-state index is 13.7. The summed E-state index contributed by atoms with van der Waals surface area (Å²) in [5, 5.41) is 4.67. The minimum atomic E-state index is -0.139. The number of aromatic nitrogens is 1. The molecule has 0 unspecified atom stereocenters. The molecule has 0 spiro atoms. The summed E-state index contributed by atoms with van der Waals surface area (Å²) < 4.78 is 1.02. The number of hydrogen-bond acceptors (Lipinski definition) is 2. The van der Waals surface area contributed by atoms with Crippen LogP contribution in [-0.4, -0.2) is 10.9 Å². The molecule has 1 amide bonds. The van der Waals surface area contributed by atoms with Crippen molar-refractivity contribution in [3.05, 3.63) is 91.4 Å². The molecule has 0 aliphatic heterocycles. The fourth-order valence-corrected chi connectivity index (χ4v) is 4.66. The summed E-state index contributed by atoms with van der Waals surface area (Å²) in [5.41, 5.74) is 9.12. The standard InChI is InChI=1S/C27H24BrClN2O/c1-14-12-15(2)25-21(13-14)24(18(5)26(31-25)19-6-8-20(29)9-7-19)27(32)30-23-11-10-22(28)16(3)17(23)4/h6-13H,1-5H3,(H,30,32). The highest BCUT2D eigenvalue weighted by Gasteiger charge is 2.21. The highest BCUT2D eigenvalue weighted by molar-refractivity contribution is 9.10. The van der Waals surface area contributed by atoms with Crippen LogP contribution in [0.5, 0.6) is 0 Å². The Kier molecular flexibility index (Phi) is 6.11. The van der Waals surface area contributed by atoms with Crippen LogP contribution in [0.2, 0.25) is 5.02 Å². The van der Waals surface area contributed by atoms with E-state index in [0.29, 0.717) is 10.6 Å². The molecule has 0 saturated carbocycles. The van der Waals surface area contributed by atoms with Crippen LogP contribution in [0.3, 0.4) is 0 Å². The van der Waals surface area contributed by atoms with Crippen LogP contribution in [0.4, 0.5) is 5.69 Å². The van der Waals surface area contributed by atoms with Crippen molar-refractivity contribution in [2.75, 3.05) is 5.32 Å². The van der Waals surface area contributed by atoms with Gasteiger partial charge in [0.25, 0.3) is 5.91 Å². The lowest BCUT2D eigenvalue weighted by Crippen LogP contribution is -2.16. The van der Waals surface area contributed by atoms with E-state index in [4.69, 9.17) is 16.6 Å². The normalized spacial score (nSPS) is 11.1. The molecule has 1 N–H and O–H groups in total. The first-order valence-electron chi connectivity index (χ1n) is 10.4. The first kappa shape index (κ1) is 22.5. The number of halogens is 2. The number of rotatable bonds is 3. The van der Waals surface area contributed by atoms with E-state index in [-0.39, 0.29) is 5.91 Å². The van der Waals surface area contributed by atoms with Crippen LogP contribution in [0.15, 0.2) is 53.0 Å². The molecule has 1 aromatic heterocycles. The fraction of sp³-hybridized carbons (Fsp3) is 0.185. The number of fused-ring (bicyclic) bond motifs is 1. The molecule has 5 heteroatoms. The topological polar surface area (TPSA) is 42.0 Å². The van der Waals surface area contributed by atoms with Gasteiger partial charge in [-0.1, -0.05) is 51.3 Å². The van der Waals surface area contributed by atoms with Crippen LogP contribution >= 0.6 is 27.5 Å². The van der Waals surface area contributed by atoms with Gasteiger partial charge in [-0.3, -0.25) is 4.79 Å².